The van der Waals surface area contributed by atoms with Crippen molar-refractivity contribution in [3.63, 3.8) is 0 Å². The number of nitrogens with one attached hydrogen (secondary N) is 1. The maximum absolute atomic E-state index is 11.5. The van der Waals surface area contributed by atoms with E-state index in [1.165, 1.54) is 0 Å². The highest BCUT2D eigenvalue weighted by molar-refractivity contribution is 8.93. The quantitative estimate of drug-likeness (QED) is 0.0836. The van der Waals surface area contributed by atoms with Crippen LogP contribution >= 0.6 is 29.2 Å². The van der Waals surface area contributed by atoms with E-state index in [9.17, 15) is 19.5 Å². The van der Waals surface area contributed by atoms with Crippen molar-refractivity contribution < 1.29 is 38.4 Å². The highest BCUT2D eigenvalue weighted by Gasteiger charge is 2.58. The summed E-state index contributed by atoms with van der Waals surface area (Å²) in [6.07, 6.45) is -4.38. The van der Waals surface area contributed by atoms with E-state index in [2.05, 4.69) is 27.6 Å². The molecule has 0 aromatic heterocycles. The van der Waals surface area contributed by atoms with Gasteiger partial charge in [-0.25, -0.2) is 0 Å². The molecule has 0 radical (unpaired) electrons. The smallest absolute Gasteiger partial charge is 0.303 e. The Morgan fingerprint density at radius 2 is 1.86 bits per heavy atom. The van der Waals surface area contributed by atoms with Crippen molar-refractivity contribution >= 4 is 52.2 Å². The minimum atomic E-state index is -2.56. The molecule has 15 heteroatoms. The van der Waals surface area contributed by atoms with Gasteiger partial charge in [0.1, 0.15) is 24.9 Å². The second-order valence-electron chi connectivity index (χ2n) is 5.44. The zero-order valence-electron chi connectivity index (χ0n) is 15.1. The lowest BCUT2D eigenvalue weighted by Gasteiger charge is -2.47. The summed E-state index contributed by atoms with van der Waals surface area (Å²) >= 11 is 4.67. The number of ether oxygens (including phenoxy) is 4. The fourth-order valence-corrected chi connectivity index (χ4v) is 2.59. The SMILES string of the molecule is Br.CC(=O)OC[C@H]1O[C@](O)(NC(N)=S)[C@H](OC(C)=O)[C@@H](N=[N+]=[N-])[C@H]1OC(C)=O. The predicted molar refractivity (Wildman–Crippen MR) is 101 cm³/mol. The summed E-state index contributed by atoms with van der Waals surface area (Å²) in [6, 6.07) is -1.47. The number of rotatable bonds is 6. The Bertz CT molecular complexity index is 675. The van der Waals surface area contributed by atoms with Gasteiger partial charge in [0.15, 0.2) is 11.2 Å². The van der Waals surface area contributed by atoms with Gasteiger partial charge in [0.2, 0.25) is 0 Å². The number of halogens is 1. The molecule has 1 saturated heterocycles. The number of nitrogens with zero attached hydrogens (tertiary/aromatic N) is 3. The van der Waals surface area contributed by atoms with Gasteiger partial charge in [-0.2, -0.15) is 0 Å². The van der Waals surface area contributed by atoms with Crippen molar-refractivity contribution in [3.8, 4) is 0 Å². The van der Waals surface area contributed by atoms with Gasteiger partial charge < -0.3 is 35.1 Å². The fraction of sp³-hybridized carbons (Fsp3) is 0.692. The summed E-state index contributed by atoms with van der Waals surface area (Å²) in [5, 5.41) is 16.0. The Balaban J connectivity index is 0.00000729. The zero-order chi connectivity index (χ0) is 20.8. The molecule has 0 aromatic rings. The first-order chi connectivity index (χ1) is 12.5. The second kappa shape index (κ2) is 11.0. The second-order valence-corrected chi connectivity index (χ2v) is 5.88. The minimum Gasteiger partial charge on any atom is -0.463 e. The lowest BCUT2D eigenvalue weighted by atomic mass is 9.94. The van der Waals surface area contributed by atoms with Gasteiger partial charge in [-0.15, -0.1) is 17.0 Å². The van der Waals surface area contributed by atoms with Gasteiger partial charge in [-0.05, 0) is 17.7 Å². The van der Waals surface area contributed by atoms with Gasteiger partial charge in [-0.3, -0.25) is 14.4 Å². The maximum atomic E-state index is 11.5. The molecule has 1 heterocycles. The van der Waals surface area contributed by atoms with Gasteiger partial charge in [0.25, 0.3) is 5.91 Å². The van der Waals surface area contributed by atoms with Crippen LogP contribution in [-0.4, -0.2) is 65.0 Å². The van der Waals surface area contributed by atoms with Gasteiger partial charge in [0, 0.05) is 25.7 Å². The third kappa shape index (κ3) is 7.09. The first-order valence-electron chi connectivity index (χ1n) is 7.50. The fourth-order valence-electron chi connectivity index (χ4n) is 2.45. The number of nitrogens with two attached hydrogens (primary N) is 1. The third-order valence-electron chi connectivity index (χ3n) is 3.26. The molecule has 0 amide bonds. The maximum Gasteiger partial charge on any atom is 0.303 e. The molecule has 0 bridgehead atoms. The molecular formula is C13H20BrN5O8S. The van der Waals surface area contributed by atoms with Crippen molar-refractivity contribution in [1.82, 2.24) is 5.32 Å². The Morgan fingerprint density at radius 3 is 2.29 bits per heavy atom. The van der Waals surface area contributed by atoms with Crippen LogP contribution in [0.4, 0.5) is 0 Å². The van der Waals surface area contributed by atoms with Crippen LogP contribution in [0.1, 0.15) is 20.8 Å². The van der Waals surface area contributed by atoms with Crippen molar-refractivity contribution in [2.24, 2.45) is 10.8 Å². The van der Waals surface area contributed by atoms with Gasteiger partial charge >= 0.3 is 17.9 Å². The van der Waals surface area contributed by atoms with E-state index in [1.54, 1.807) is 0 Å². The van der Waals surface area contributed by atoms with E-state index in [0.717, 1.165) is 20.8 Å². The standard InChI is InChI=1S/C13H19N5O8S.BrH/c1-5(19)23-4-8-10(24-6(2)20)9(17-18-15)11(25-7(3)21)13(22,26-8)16-12(14)27;/h8-11,22H,4H2,1-3H3,(H3,14,16,27);1H/t8-,9+,10+,11-,13+;/m1./s1. The summed E-state index contributed by atoms with van der Waals surface area (Å²) in [5.41, 5.74) is 14.2. The molecule has 0 aliphatic carbocycles. The normalized spacial score (nSPS) is 28.6. The number of esters is 3. The minimum absolute atomic E-state index is 0. The Morgan fingerprint density at radius 1 is 1.29 bits per heavy atom. The number of aliphatic hydroxyl groups is 1. The number of thiocarbonyl (C=S) groups is 1. The molecule has 1 aliphatic rings. The summed E-state index contributed by atoms with van der Waals surface area (Å²) in [7, 11) is 0. The van der Waals surface area contributed by atoms with Crippen LogP contribution < -0.4 is 11.1 Å². The molecule has 4 N–H and O–H groups in total. The van der Waals surface area contributed by atoms with E-state index in [0.29, 0.717) is 0 Å². The Hall–Kier alpha value is -2.19. The lowest BCUT2D eigenvalue weighted by Crippen LogP contribution is -2.72. The highest BCUT2D eigenvalue weighted by atomic mass is 79.9. The van der Waals surface area contributed by atoms with E-state index >= 15 is 0 Å². The third-order valence-corrected chi connectivity index (χ3v) is 3.37. The molecule has 1 rings (SSSR count). The van der Waals surface area contributed by atoms with E-state index in [4.69, 9.17) is 30.2 Å². The largest absolute Gasteiger partial charge is 0.463 e. The number of carbonyl (C=O) groups is 3. The van der Waals surface area contributed by atoms with Crippen molar-refractivity contribution in [3.05, 3.63) is 10.4 Å². The van der Waals surface area contributed by atoms with Crippen LogP contribution in [0.15, 0.2) is 5.11 Å². The molecular weight excluding hydrogens is 466 g/mol. The summed E-state index contributed by atoms with van der Waals surface area (Å²) in [5.74, 6) is -4.90. The monoisotopic (exact) mass is 485 g/mol. The van der Waals surface area contributed by atoms with Crippen LogP contribution in [-0.2, 0) is 33.3 Å². The molecule has 0 aromatic carbocycles. The summed E-state index contributed by atoms with van der Waals surface area (Å²) < 4.78 is 20.3. The van der Waals surface area contributed by atoms with Crippen LogP contribution in [0.2, 0.25) is 0 Å². The first-order valence-corrected chi connectivity index (χ1v) is 7.90. The summed E-state index contributed by atoms with van der Waals surface area (Å²) in [6.45, 7) is 2.74. The first kappa shape index (κ1) is 25.8. The average Bonchev–Trinajstić information content (AvgIpc) is 2.50. The lowest BCUT2D eigenvalue weighted by molar-refractivity contribution is -0.338. The molecule has 0 spiro atoms. The van der Waals surface area contributed by atoms with Crippen LogP contribution in [0.25, 0.3) is 10.4 Å². The van der Waals surface area contributed by atoms with E-state index in [1.807, 2.05) is 0 Å². The van der Waals surface area contributed by atoms with Crippen LogP contribution in [0.5, 0.6) is 0 Å². The van der Waals surface area contributed by atoms with Crippen molar-refractivity contribution in [2.75, 3.05) is 6.61 Å². The molecule has 1 fully saturated rings. The molecule has 0 saturated carbocycles. The number of azide groups is 1. The Labute approximate surface area is 175 Å². The number of hydrogen-bond donors (Lipinski definition) is 3. The Kier molecular flexibility index (Phi) is 10.1. The van der Waals surface area contributed by atoms with Crippen LogP contribution in [0.3, 0.4) is 0 Å². The topological polar surface area (TPSA) is 195 Å². The zero-order valence-corrected chi connectivity index (χ0v) is 17.6. The molecule has 28 heavy (non-hydrogen) atoms. The summed E-state index contributed by atoms with van der Waals surface area (Å²) in [4.78, 5) is 36.7. The van der Waals surface area contributed by atoms with Crippen molar-refractivity contribution in [2.45, 2.75) is 51.0 Å². The average molecular weight is 486 g/mol. The van der Waals surface area contributed by atoms with Crippen LogP contribution in [0, 0.1) is 0 Å². The molecule has 1 aliphatic heterocycles. The number of hydrogen-bond acceptors (Lipinski definition) is 10. The molecule has 158 valence electrons. The predicted octanol–water partition coefficient (Wildman–Crippen LogP) is -0.452. The van der Waals surface area contributed by atoms with E-state index < -0.39 is 59.9 Å². The van der Waals surface area contributed by atoms with Gasteiger partial charge in [-0.1, -0.05) is 5.11 Å². The van der Waals surface area contributed by atoms with E-state index in [-0.39, 0.29) is 17.0 Å². The molecule has 5 atom stereocenters. The highest BCUT2D eigenvalue weighted by Crippen LogP contribution is 2.33. The molecule has 0 unspecified atom stereocenters. The number of carbonyl (C=O) groups excluding carboxylic acids is 3. The van der Waals surface area contributed by atoms with Crippen molar-refractivity contribution in [1.29, 1.82) is 0 Å². The van der Waals surface area contributed by atoms with Gasteiger partial charge in [0.05, 0.1) is 0 Å². The molecule has 13 nitrogen and oxygen atoms in total.